The molecular weight excluding hydrogens is 411 g/mol. The molecule has 0 aromatic heterocycles. The van der Waals surface area contributed by atoms with Crippen LogP contribution in [-0.2, 0) is 0 Å². The smallest absolute Gasteiger partial charge is 0.310 e. The summed E-state index contributed by atoms with van der Waals surface area (Å²) in [4.78, 5) is -1.93. The van der Waals surface area contributed by atoms with Crippen LogP contribution in [0.25, 0.3) is 0 Å². The molecule has 4 nitrogen and oxygen atoms in total. The number of halogens is 5. The lowest BCUT2D eigenvalue weighted by molar-refractivity contribution is 0.330. The van der Waals surface area contributed by atoms with Crippen molar-refractivity contribution in [1.82, 2.24) is 10.7 Å². The summed E-state index contributed by atoms with van der Waals surface area (Å²) in [6.07, 6.45) is 3.81. The zero-order chi connectivity index (χ0) is 22.6. The Hall–Kier alpha value is -2.23. The second-order valence-electron chi connectivity index (χ2n) is 7.32. The summed E-state index contributed by atoms with van der Waals surface area (Å²) in [5.41, 5.74) is 3.58. The molecule has 0 unspecified atom stereocenters. The molecule has 0 aliphatic carbocycles. The maximum absolute atomic E-state index is 12.8. The van der Waals surface area contributed by atoms with Crippen LogP contribution in [0.1, 0.15) is 27.7 Å². The van der Waals surface area contributed by atoms with Crippen LogP contribution in [-0.4, -0.2) is 19.3 Å². The van der Waals surface area contributed by atoms with E-state index in [1.54, 1.807) is 7.05 Å². The molecule has 0 aliphatic rings. The second-order valence-corrected chi connectivity index (χ2v) is 9.73. The van der Waals surface area contributed by atoms with E-state index in [-0.39, 0.29) is 17.0 Å². The van der Waals surface area contributed by atoms with Gasteiger partial charge in [0, 0.05) is 24.7 Å². The molecule has 1 atom stereocenters. The van der Waals surface area contributed by atoms with Gasteiger partial charge >= 0.3 is 10.2 Å². The van der Waals surface area contributed by atoms with E-state index >= 15 is 0 Å². The number of nitrogens with one attached hydrogen (secondary N) is 3. The van der Waals surface area contributed by atoms with Crippen LogP contribution < -0.4 is 16.1 Å². The quantitative estimate of drug-likeness (QED) is 0.217. The Morgan fingerprint density at radius 3 is 2.17 bits per heavy atom. The van der Waals surface area contributed by atoms with Crippen LogP contribution >= 0.6 is 10.2 Å². The monoisotopic (exact) mass is 440 g/mol. The molecule has 1 rings (SSSR count). The van der Waals surface area contributed by atoms with Crippen LogP contribution in [0.4, 0.5) is 25.1 Å². The summed E-state index contributed by atoms with van der Waals surface area (Å²) in [7, 11) is -7.95. The number of rotatable bonds is 10. The molecule has 10 heteroatoms. The third-order valence-electron chi connectivity index (χ3n) is 4.67. The topological polar surface area (TPSA) is 48.5 Å². The van der Waals surface area contributed by atoms with Crippen molar-refractivity contribution in [3.8, 4) is 0 Å². The number of allylic oxidation sites excluding steroid dienone is 2. The van der Waals surface area contributed by atoms with E-state index in [1.165, 1.54) is 0 Å². The highest BCUT2D eigenvalue weighted by Gasteiger charge is 2.65. The lowest BCUT2D eigenvalue weighted by atomic mass is 9.75. The van der Waals surface area contributed by atoms with Gasteiger partial charge in [-0.15, -0.1) is 0 Å². The van der Waals surface area contributed by atoms with Gasteiger partial charge in [0.25, 0.3) is 0 Å². The number of hydrogen-bond donors (Lipinski definition) is 3. The Bertz CT molecular complexity index is 784. The standard InChI is InChI=1S/C19H29F5N4S/c1-7-8-18(28-25-6)19(4,5)14(2)13-26-15(3)27-16-9-11-17(12-10-16)29(20,21,22,23)24/h7-12,14,25-27H,3,13H2,1-2,4-6H3/b8-7-,28-18-/t14-/m1/s1. The molecule has 29 heavy (non-hydrogen) atoms. The molecule has 0 bridgehead atoms. The van der Waals surface area contributed by atoms with Gasteiger partial charge < -0.3 is 16.1 Å². The average Bonchev–Trinajstić information content (AvgIpc) is 2.57. The zero-order valence-electron chi connectivity index (χ0n) is 17.2. The third kappa shape index (κ3) is 7.26. The van der Waals surface area contributed by atoms with Gasteiger partial charge in [-0.25, -0.2) is 0 Å². The molecule has 0 saturated carbocycles. The van der Waals surface area contributed by atoms with Crippen LogP contribution in [0.3, 0.4) is 0 Å². The molecule has 0 saturated heterocycles. The fourth-order valence-electron chi connectivity index (χ4n) is 2.47. The second kappa shape index (κ2) is 7.89. The molecule has 0 amide bonds. The molecule has 0 spiro atoms. The summed E-state index contributed by atoms with van der Waals surface area (Å²) in [5, 5.41) is 10.1. The van der Waals surface area contributed by atoms with E-state index < -0.39 is 15.1 Å². The third-order valence-corrected chi connectivity index (χ3v) is 5.83. The van der Waals surface area contributed by atoms with E-state index in [9.17, 15) is 19.4 Å². The maximum Gasteiger partial charge on any atom is 0.310 e. The first kappa shape index (κ1) is 24.8. The number of hydrogen-bond acceptors (Lipinski definition) is 4. The Labute approximate surface area is 169 Å². The number of anilines is 1. The molecule has 0 aliphatic heterocycles. The number of hydrazone groups is 1. The molecule has 0 fully saturated rings. The molecule has 3 N–H and O–H groups in total. The first-order valence-corrected chi connectivity index (χ1v) is 10.9. The van der Waals surface area contributed by atoms with Crippen molar-refractivity contribution < 1.29 is 19.4 Å². The van der Waals surface area contributed by atoms with E-state index in [2.05, 4.69) is 27.7 Å². The Morgan fingerprint density at radius 2 is 1.72 bits per heavy atom. The lowest BCUT2D eigenvalue weighted by Gasteiger charge is -2.40. The van der Waals surface area contributed by atoms with Crippen molar-refractivity contribution in [2.75, 3.05) is 18.9 Å². The van der Waals surface area contributed by atoms with Gasteiger partial charge in [-0.2, -0.15) is 5.10 Å². The van der Waals surface area contributed by atoms with Crippen LogP contribution in [0.2, 0.25) is 0 Å². The Balaban J connectivity index is 2.76. The largest absolute Gasteiger partial charge is 0.372 e. The van der Waals surface area contributed by atoms with E-state index in [4.69, 9.17) is 0 Å². The molecule has 166 valence electrons. The van der Waals surface area contributed by atoms with Crippen molar-refractivity contribution in [1.29, 1.82) is 0 Å². The molecule has 1 aromatic carbocycles. The van der Waals surface area contributed by atoms with Crippen molar-refractivity contribution in [2.24, 2.45) is 16.4 Å². The van der Waals surface area contributed by atoms with E-state index in [1.807, 2.05) is 39.8 Å². The highest BCUT2D eigenvalue weighted by atomic mass is 32.5. The van der Waals surface area contributed by atoms with Crippen LogP contribution in [0, 0.1) is 11.3 Å². The maximum atomic E-state index is 12.8. The van der Waals surface area contributed by atoms with Crippen molar-refractivity contribution in [2.45, 2.75) is 32.6 Å². The predicted octanol–water partition coefficient (Wildman–Crippen LogP) is 6.63. The Kier molecular flexibility index (Phi) is 6.75. The summed E-state index contributed by atoms with van der Waals surface area (Å²) < 4.78 is 63.8. The van der Waals surface area contributed by atoms with E-state index in [0.717, 1.165) is 17.8 Å². The minimum Gasteiger partial charge on any atom is -0.372 e. The number of benzene rings is 1. The molecule has 1 aromatic rings. The van der Waals surface area contributed by atoms with Gasteiger partial charge in [0.2, 0.25) is 0 Å². The molecule has 0 heterocycles. The van der Waals surface area contributed by atoms with Gasteiger partial charge in [-0.05, 0) is 43.2 Å². The zero-order valence-corrected chi connectivity index (χ0v) is 18.0. The van der Waals surface area contributed by atoms with Crippen LogP contribution in [0.5, 0.6) is 0 Å². The van der Waals surface area contributed by atoms with Gasteiger partial charge in [-0.3, -0.25) is 0 Å². The summed E-state index contributed by atoms with van der Waals surface area (Å²) in [6.45, 7) is 12.3. The minimum absolute atomic E-state index is 0.111. The first-order chi connectivity index (χ1) is 13.0. The van der Waals surface area contributed by atoms with Crippen LogP contribution in [0.15, 0.2) is 58.8 Å². The number of nitrogens with zero attached hydrogens (tertiary/aromatic N) is 1. The first-order valence-electron chi connectivity index (χ1n) is 8.92. The summed E-state index contributed by atoms with van der Waals surface area (Å²) >= 11 is 0. The van der Waals surface area contributed by atoms with Gasteiger partial charge in [0.05, 0.1) is 11.5 Å². The molecule has 0 radical (unpaired) electrons. The van der Waals surface area contributed by atoms with Crippen molar-refractivity contribution in [3.05, 3.63) is 48.8 Å². The minimum atomic E-state index is -9.67. The van der Waals surface area contributed by atoms with Crippen molar-refractivity contribution in [3.63, 3.8) is 0 Å². The van der Waals surface area contributed by atoms with E-state index in [0.29, 0.717) is 24.5 Å². The van der Waals surface area contributed by atoms with Crippen molar-refractivity contribution >= 4 is 21.6 Å². The van der Waals surface area contributed by atoms with Gasteiger partial charge in [0.15, 0.2) is 0 Å². The van der Waals surface area contributed by atoms with Gasteiger partial charge in [0.1, 0.15) is 4.90 Å². The SMILES string of the molecule is C=C(NC[C@@H](C)C(C)(C)C(/C=C\C)=N\NC)Nc1ccc(S(F)(F)(F)(F)F)cc1. The predicted molar refractivity (Wildman–Crippen MR) is 113 cm³/mol. The normalized spacial score (nSPS) is 16.7. The fraction of sp³-hybridized carbons (Fsp3) is 0.421. The van der Waals surface area contributed by atoms with Gasteiger partial charge in [-0.1, -0.05) is 52.9 Å². The lowest BCUT2D eigenvalue weighted by Crippen LogP contribution is -2.38. The fourth-order valence-corrected chi connectivity index (χ4v) is 3.12. The summed E-state index contributed by atoms with van der Waals surface area (Å²) in [6, 6.07) is 2.61. The average molecular weight is 441 g/mol. The Morgan fingerprint density at radius 1 is 1.17 bits per heavy atom. The highest BCUT2D eigenvalue weighted by molar-refractivity contribution is 8.45. The highest BCUT2D eigenvalue weighted by Crippen LogP contribution is 3.02. The summed E-state index contributed by atoms with van der Waals surface area (Å²) in [5.74, 6) is 0.450. The molecular formula is C19H29F5N4S.